The van der Waals surface area contributed by atoms with Gasteiger partial charge in [-0.05, 0) is 24.5 Å². The molecule has 3 rings (SSSR count). The van der Waals surface area contributed by atoms with E-state index in [0.29, 0.717) is 17.4 Å². The Labute approximate surface area is 154 Å². The van der Waals surface area contributed by atoms with E-state index in [2.05, 4.69) is 20.5 Å². The fourth-order valence-corrected chi connectivity index (χ4v) is 4.00. The Morgan fingerprint density at radius 2 is 2.36 bits per heavy atom. The summed E-state index contributed by atoms with van der Waals surface area (Å²) in [6.45, 7) is 1.19. The van der Waals surface area contributed by atoms with Crippen LogP contribution in [0.2, 0.25) is 0 Å². The fraction of sp³-hybridized carbons (Fsp3) is 0.438. The number of pyridine rings is 1. The summed E-state index contributed by atoms with van der Waals surface area (Å²) in [5.41, 5.74) is 2.68. The number of rotatable bonds is 6. The Balaban J connectivity index is 1.45. The molecule has 0 unspecified atom stereocenters. The summed E-state index contributed by atoms with van der Waals surface area (Å²) in [6.07, 6.45) is 5.18. The van der Waals surface area contributed by atoms with Crippen molar-refractivity contribution in [1.82, 2.24) is 20.1 Å². The lowest BCUT2D eigenvalue weighted by molar-refractivity contribution is -0.132. The number of piperidine rings is 1. The van der Waals surface area contributed by atoms with Crippen molar-refractivity contribution in [3.8, 4) is 0 Å². The van der Waals surface area contributed by atoms with Crippen LogP contribution in [0.3, 0.4) is 0 Å². The molecule has 2 amide bonds. The molecule has 1 atom stereocenters. The van der Waals surface area contributed by atoms with E-state index in [1.807, 2.05) is 18.3 Å². The van der Waals surface area contributed by atoms with Crippen molar-refractivity contribution >= 4 is 40.0 Å². The van der Waals surface area contributed by atoms with Gasteiger partial charge in [-0.25, -0.2) is 0 Å². The zero-order valence-electron chi connectivity index (χ0n) is 13.6. The summed E-state index contributed by atoms with van der Waals surface area (Å²) < 4.78 is 0. The zero-order chi connectivity index (χ0) is 17.5. The van der Waals surface area contributed by atoms with Crippen molar-refractivity contribution in [3.05, 3.63) is 35.6 Å². The quantitative estimate of drug-likeness (QED) is 0.829. The van der Waals surface area contributed by atoms with E-state index in [0.717, 1.165) is 30.7 Å². The molecule has 0 aromatic carbocycles. The van der Waals surface area contributed by atoms with Crippen LogP contribution in [0, 0.1) is 5.92 Å². The average molecular weight is 377 g/mol. The minimum absolute atomic E-state index is 0.0855. The molecule has 1 aliphatic heterocycles. The van der Waals surface area contributed by atoms with Gasteiger partial charge in [-0.15, -0.1) is 22.0 Å². The molecule has 0 spiro atoms. The van der Waals surface area contributed by atoms with Gasteiger partial charge in [0.05, 0.1) is 11.7 Å². The molecular weight excluding hydrogens is 358 g/mol. The lowest BCUT2D eigenvalue weighted by Crippen LogP contribution is -2.44. The summed E-state index contributed by atoms with van der Waals surface area (Å²) in [5.74, 6) is 0.984. The second-order valence-corrected chi connectivity index (χ2v) is 7.58. The van der Waals surface area contributed by atoms with Crippen LogP contribution in [0.25, 0.3) is 0 Å². The number of hydrogen-bond acceptors (Lipinski definition) is 7. The Kier molecular flexibility index (Phi) is 6.35. The van der Waals surface area contributed by atoms with E-state index < -0.39 is 0 Å². The summed E-state index contributed by atoms with van der Waals surface area (Å²) in [6, 6.07) is 3.89. The molecule has 3 heterocycles. The first-order valence-corrected chi connectivity index (χ1v) is 10.1. The number of carbonyl (C=O) groups excluding carboxylic acids is 2. The third-order valence-electron chi connectivity index (χ3n) is 3.95. The van der Waals surface area contributed by atoms with E-state index in [-0.39, 0.29) is 17.7 Å². The number of aromatic nitrogens is 3. The molecule has 132 valence electrons. The SMILES string of the molecule is O=C(Nc1nncs1)[C@H]1CCCN(C(=O)CSCc2cccnc2)C1. The Morgan fingerprint density at radius 1 is 1.44 bits per heavy atom. The first-order valence-electron chi connectivity index (χ1n) is 8.04. The number of carbonyl (C=O) groups is 2. The fourth-order valence-electron chi connectivity index (χ4n) is 2.68. The van der Waals surface area contributed by atoms with Gasteiger partial charge in [-0.3, -0.25) is 14.6 Å². The lowest BCUT2D eigenvalue weighted by Gasteiger charge is -2.31. The van der Waals surface area contributed by atoms with Crippen molar-refractivity contribution in [2.75, 3.05) is 24.2 Å². The highest BCUT2D eigenvalue weighted by atomic mass is 32.2. The Bertz CT molecular complexity index is 696. The van der Waals surface area contributed by atoms with Crippen LogP contribution in [-0.4, -0.2) is 50.7 Å². The van der Waals surface area contributed by atoms with Crippen molar-refractivity contribution < 1.29 is 9.59 Å². The largest absolute Gasteiger partial charge is 0.341 e. The molecule has 25 heavy (non-hydrogen) atoms. The van der Waals surface area contributed by atoms with Crippen molar-refractivity contribution in [2.45, 2.75) is 18.6 Å². The predicted molar refractivity (Wildman–Crippen MR) is 98.2 cm³/mol. The molecule has 0 saturated carbocycles. The highest BCUT2D eigenvalue weighted by Crippen LogP contribution is 2.20. The van der Waals surface area contributed by atoms with Crippen LogP contribution in [0.4, 0.5) is 5.13 Å². The van der Waals surface area contributed by atoms with Gasteiger partial charge < -0.3 is 10.2 Å². The number of thioether (sulfide) groups is 1. The molecule has 0 aliphatic carbocycles. The van der Waals surface area contributed by atoms with Gasteiger partial charge in [0.15, 0.2) is 0 Å². The number of likely N-dealkylation sites (tertiary alicyclic amines) is 1. The third-order valence-corrected chi connectivity index (χ3v) is 5.55. The van der Waals surface area contributed by atoms with Crippen molar-refractivity contribution in [2.24, 2.45) is 5.92 Å². The standard InChI is InChI=1S/C16H19N5O2S2/c22-14(10-24-9-12-3-1-5-17-7-12)21-6-2-4-13(8-21)15(23)19-16-20-18-11-25-16/h1,3,5,7,11,13H,2,4,6,8-10H2,(H,19,20,23)/t13-/m0/s1. The minimum Gasteiger partial charge on any atom is -0.341 e. The second kappa shape index (κ2) is 8.91. The van der Waals surface area contributed by atoms with Gasteiger partial charge in [0.25, 0.3) is 0 Å². The monoisotopic (exact) mass is 377 g/mol. The normalized spacial score (nSPS) is 17.3. The average Bonchev–Trinajstić information content (AvgIpc) is 3.15. The maximum atomic E-state index is 12.4. The van der Waals surface area contributed by atoms with Crippen molar-refractivity contribution in [3.63, 3.8) is 0 Å². The first-order chi connectivity index (χ1) is 12.2. The van der Waals surface area contributed by atoms with E-state index in [1.54, 1.807) is 28.4 Å². The molecule has 0 radical (unpaired) electrons. The zero-order valence-corrected chi connectivity index (χ0v) is 15.3. The van der Waals surface area contributed by atoms with E-state index in [1.165, 1.54) is 11.3 Å². The number of amides is 2. The molecule has 2 aromatic heterocycles. The van der Waals surface area contributed by atoms with Crippen LogP contribution in [-0.2, 0) is 15.3 Å². The molecule has 2 aromatic rings. The van der Waals surface area contributed by atoms with Crippen LogP contribution in [0.5, 0.6) is 0 Å². The number of nitrogens with one attached hydrogen (secondary N) is 1. The van der Waals surface area contributed by atoms with Gasteiger partial charge in [0, 0.05) is 31.2 Å². The Hall–Kier alpha value is -2.00. The topological polar surface area (TPSA) is 88.1 Å². The van der Waals surface area contributed by atoms with Crippen LogP contribution in [0.15, 0.2) is 30.0 Å². The predicted octanol–water partition coefficient (Wildman–Crippen LogP) is 2.04. The summed E-state index contributed by atoms with van der Waals surface area (Å²) in [4.78, 5) is 30.6. The number of hydrogen-bond donors (Lipinski definition) is 1. The summed E-state index contributed by atoms with van der Waals surface area (Å²) >= 11 is 2.86. The van der Waals surface area contributed by atoms with E-state index in [9.17, 15) is 9.59 Å². The number of anilines is 1. The van der Waals surface area contributed by atoms with Crippen LogP contribution >= 0.6 is 23.1 Å². The molecule has 9 heteroatoms. The number of nitrogens with zero attached hydrogens (tertiary/aromatic N) is 4. The Morgan fingerprint density at radius 3 is 3.12 bits per heavy atom. The van der Waals surface area contributed by atoms with Crippen LogP contribution < -0.4 is 5.32 Å². The molecule has 1 aliphatic rings. The van der Waals surface area contributed by atoms with Gasteiger partial charge in [-0.1, -0.05) is 17.4 Å². The van der Waals surface area contributed by atoms with Gasteiger partial charge in [0.2, 0.25) is 16.9 Å². The highest BCUT2D eigenvalue weighted by Gasteiger charge is 2.28. The molecule has 0 bridgehead atoms. The van der Waals surface area contributed by atoms with Crippen LogP contribution in [0.1, 0.15) is 18.4 Å². The van der Waals surface area contributed by atoms with Gasteiger partial charge >= 0.3 is 0 Å². The van der Waals surface area contributed by atoms with Crippen molar-refractivity contribution in [1.29, 1.82) is 0 Å². The third kappa shape index (κ3) is 5.23. The maximum absolute atomic E-state index is 12.4. The molecule has 7 nitrogen and oxygen atoms in total. The first kappa shape index (κ1) is 17.8. The van der Waals surface area contributed by atoms with E-state index in [4.69, 9.17) is 0 Å². The molecule has 1 saturated heterocycles. The van der Waals surface area contributed by atoms with E-state index >= 15 is 0 Å². The molecule has 1 N–H and O–H groups in total. The second-order valence-electron chi connectivity index (χ2n) is 5.77. The minimum atomic E-state index is -0.190. The summed E-state index contributed by atoms with van der Waals surface area (Å²) in [7, 11) is 0. The molecular formula is C16H19N5O2S2. The smallest absolute Gasteiger partial charge is 0.232 e. The van der Waals surface area contributed by atoms with Gasteiger partial charge in [0.1, 0.15) is 5.51 Å². The lowest BCUT2D eigenvalue weighted by atomic mass is 9.97. The maximum Gasteiger partial charge on any atom is 0.232 e. The molecule has 1 fully saturated rings. The summed E-state index contributed by atoms with van der Waals surface area (Å²) in [5, 5.41) is 10.8. The highest BCUT2D eigenvalue weighted by molar-refractivity contribution is 7.99. The van der Waals surface area contributed by atoms with Gasteiger partial charge in [-0.2, -0.15) is 0 Å².